The lowest BCUT2D eigenvalue weighted by atomic mass is 10.1. The number of hydrogen-bond acceptors (Lipinski definition) is 4. The van der Waals surface area contributed by atoms with Gasteiger partial charge in [0, 0.05) is 24.1 Å². The van der Waals surface area contributed by atoms with Crippen LogP contribution in [0.3, 0.4) is 0 Å². The van der Waals surface area contributed by atoms with E-state index in [9.17, 15) is 14.9 Å². The molecule has 0 unspecified atom stereocenters. The summed E-state index contributed by atoms with van der Waals surface area (Å²) < 4.78 is 5.61. The fourth-order valence-corrected chi connectivity index (χ4v) is 2.91. The van der Waals surface area contributed by atoms with Gasteiger partial charge in [0.2, 0.25) is 0 Å². The fraction of sp³-hybridized carbons (Fsp3) is 0.118. The number of anilines is 1. The molecule has 0 aliphatic carbocycles. The molecule has 0 N–H and O–H groups in total. The number of nitro benzene ring substituents is 1. The minimum Gasteiger partial charge on any atom is -0.451 e. The summed E-state index contributed by atoms with van der Waals surface area (Å²) in [6.45, 7) is 0.492. The van der Waals surface area contributed by atoms with Gasteiger partial charge in [-0.05, 0) is 24.1 Å². The highest BCUT2D eigenvalue weighted by Crippen LogP contribution is 2.33. The van der Waals surface area contributed by atoms with Crippen molar-refractivity contribution >= 4 is 28.3 Å². The van der Waals surface area contributed by atoms with Crippen molar-refractivity contribution in [2.24, 2.45) is 0 Å². The zero-order valence-electron chi connectivity index (χ0n) is 12.1. The molecule has 2 heterocycles. The van der Waals surface area contributed by atoms with Gasteiger partial charge in [-0.1, -0.05) is 24.3 Å². The molecule has 114 valence electrons. The van der Waals surface area contributed by atoms with Gasteiger partial charge < -0.3 is 9.32 Å². The van der Waals surface area contributed by atoms with E-state index < -0.39 is 4.92 Å². The van der Waals surface area contributed by atoms with Crippen LogP contribution < -0.4 is 4.90 Å². The van der Waals surface area contributed by atoms with E-state index in [0.717, 1.165) is 10.9 Å². The first-order valence-electron chi connectivity index (χ1n) is 7.21. The smallest absolute Gasteiger partial charge is 0.294 e. The van der Waals surface area contributed by atoms with Crippen LogP contribution in [0.5, 0.6) is 0 Å². The van der Waals surface area contributed by atoms with Gasteiger partial charge in [0.25, 0.3) is 11.6 Å². The molecule has 2 aromatic carbocycles. The first-order chi connectivity index (χ1) is 11.1. The third-order valence-electron chi connectivity index (χ3n) is 4.06. The van der Waals surface area contributed by atoms with Crippen LogP contribution in [0, 0.1) is 10.1 Å². The molecule has 0 spiro atoms. The fourth-order valence-electron chi connectivity index (χ4n) is 2.91. The Morgan fingerprint density at radius 2 is 2.00 bits per heavy atom. The number of carbonyl (C=O) groups excluding carboxylic acids is 1. The summed E-state index contributed by atoms with van der Waals surface area (Å²) in [6, 6.07) is 13.7. The summed E-state index contributed by atoms with van der Waals surface area (Å²) >= 11 is 0. The summed E-state index contributed by atoms with van der Waals surface area (Å²) in [5.74, 6) is -0.0361. The van der Waals surface area contributed by atoms with Crippen LogP contribution in [-0.4, -0.2) is 17.4 Å². The Labute approximate surface area is 131 Å². The number of hydrogen-bond donors (Lipinski definition) is 0. The number of rotatable bonds is 2. The summed E-state index contributed by atoms with van der Waals surface area (Å²) in [5, 5.41) is 11.8. The number of para-hydroxylation sites is 1. The second-order valence-electron chi connectivity index (χ2n) is 5.43. The van der Waals surface area contributed by atoms with Gasteiger partial charge in [0.15, 0.2) is 5.76 Å². The average Bonchev–Trinajstić information content (AvgIpc) is 3.17. The van der Waals surface area contributed by atoms with Gasteiger partial charge >= 0.3 is 0 Å². The van der Waals surface area contributed by atoms with E-state index >= 15 is 0 Å². The van der Waals surface area contributed by atoms with E-state index in [1.54, 1.807) is 23.1 Å². The van der Waals surface area contributed by atoms with E-state index in [4.69, 9.17) is 4.42 Å². The quantitative estimate of drug-likeness (QED) is 0.536. The van der Waals surface area contributed by atoms with Crippen LogP contribution in [-0.2, 0) is 6.42 Å². The minimum absolute atomic E-state index is 0.0203. The second-order valence-corrected chi connectivity index (χ2v) is 5.43. The van der Waals surface area contributed by atoms with E-state index in [-0.39, 0.29) is 17.4 Å². The number of nitrogens with zero attached hydrogens (tertiary/aromatic N) is 2. The Balaban J connectivity index is 1.73. The van der Waals surface area contributed by atoms with Crippen LogP contribution in [0.4, 0.5) is 11.4 Å². The third kappa shape index (κ3) is 2.15. The molecule has 0 bridgehead atoms. The molecule has 0 fully saturated rings. The second kappa shape index (κ2) is 4.95. The number of fused-ring (bicyclic) bond motifs is 2. The average molecular weight is 308 g/mol. The topological polar surface area (TPSA) is 76.6 Å². The molecule has 23 heavy (non-hydrogen) atoms. The molecule has 6 heteroatoms. The Hall–Kier alpha value is -3.15. The molecule has 1 aromatic heterocycles. The predicted octanol–water partition coefficient (Wildman–Crippen LogP) is 3.54. The zero-order valence-corrected chi connectivity index (χ0v) is 12.1. The van der Waals surface area contributed by atoms with Crippen LogP contribution in [0.2, 0.25) is 0 Å². The SMILES string of the molecule is O=C(c1cc2ccccc2o1)N1CCc2ccc([N+](=O)[O-])cc21. The number of benzene rings is 2. The molecule has 1 amide bonds. The maximum atomic E-state index is 12.7. The minimum atomic E-state index is -0.456. The Kier molecular flexibility index (Phi) is 2.90. The van der Waals surface area contributed by atoms with Crippen molar-refractivity contribution in [2.75, 3.05) is 11.4 Å². The van der Waals surface area contributed by atoms with E-state index in [1.165, 1.54) is 12.1 Å². The highest BCUT2D eigenvalue weighted by molar-refractivity contribution is 6.07. The maximum Gasteiger partial charge on any atom is 0.294 e. The van der Waals surface area contributed by atoms with Crippen LogP contribution in [0.15, 0.2) is 52.9 Å². The van der Waals surface area contributed by atoms with Crippen molar-refractivity contribution in [1.29, 1.82) is 0 Å². The molecule has 0 saturated carbocycles. The third-order valence-corrected chi connectivity index (χ3v) is 4.06. The van der Waals surface area contributed by atoms with E-state index in [2.05, 4.69) is 0 Å². The summed E-state index contributed by atoms with van der Waals surface area (Å²) in [4.78, 5) is 24.8. The van der Waals surface area contributed by atoms with Gasteiger partial charge in [-0.3, -0.25) is 14.9 Å². The van der Waals surface area contributed by atoms with Crippen molar-refractivity contribution in [2.45, 2.75) is 6.42 Å². The molecule has 1 aliphatic rings. The van der Waals surface area contributed by atoms with Crippen LogP contribution >= 0.6 is 0 Å². The Morgan fingerprint density at radius 3 is 2.78 bits per heavy atom. The van der Waals surface area contributed by atoms with Crippen molar-refractivity contribution in [3.63, 3.8) is 0 Å². The largest absolute Gasteiger partial charge is 0.451 e. The van der Waals surface area contributed by atoms with E-state index in [1.807, 2.05) is 18.2 Å². The Bertz CT molecular complexity index is 912. The van der Waals surface area contributed by atoms with Crippen molar-refractivity contribution < 1.29 is 14.1 Å². The van der Waals surface area contributed by atoms with Crippen molar-refractivity contribution in [3.05, 3.63) is 70.0 Å². The monoisotopic (exact) mass is 308 g/mol. The van der Waals surface area contributed by atoms with Gasteiger partial charge in [0.1, 0.15) is 5.58 Å². The Morgan fingerprint density at radius 1 is 1.17 bits per heavy atom. The first-order valence-corrected chi connectivity index (χ1v) is 7.21. The number of furan rings is 1. The highest BCUT2D eigenvalue weighted by Gasteiger charge is 2.29. The van der Waals surface area contributed by atoms with Crippen molar-refractivity contribution in [1.82, 2.24) is 0 Å². The molecule has 0 radical (unpaired) electrons. The van der Waals surface area contributed by atoms with Gasteiger partial charge in [0.05, 0.1) is 10.6 Å². The highest BCUT2D eigenvalue weighted by atomic mass is 16.6. The van der Waals surface area contributed by atoms with E-state index in [0.29, 0.717) is 24.2 Å². The number of nitro groups is 1. The number of carbonyl (C=O) groups is 1. The standard InChI is InChI=1S/C17H12N2O4/c20-17(16-9-12-3-1-2-4-15(12)23-16)18-8-7-11-5-6-13(19(21)22)10-14(11)18/h1-6,9-10H,7-8H2. The first kappa shape index (κ1) is 13.5. The molecular formula is C17H12N2O4. The lowest BCUT2D eigenvalue weighted by Gasteiger charge is -2.15. The van der Waals surface area contributed by atoms with Crippen LogP contribution in [0.25, 0.3) is 11.0 Å². The van der Waals surface area contributed by atoms with Crippen molar-refractivity contribution in [3.8, 4) is 0 Å². The predicted molar refractivity (Wildman–Crippen MR) is 84.7 cm³/mol. The maximum absolute atomic E-state index is 12.7. The molecule has 0 atom stereocenters. The molecular weight excluding hydrogens is 296 g/mol. The van der Waals surface area contributed by atoms with Gasteiger partial charge in [-0.15, -0.1) is 0 Å². The molecule has 0 saturated heterocycles. The zero-order chi connectivity index (χ0) is 16.0. The lowest BCUT2D eigenvalue weighted by molar-refractivity contribution is -0.384. The summed E-state index contributed by atoms with van der Waals surface area (Å²) in [5.41, 5.74) is 2.15. The lowest BCUT2D eigenvalue weighted by Crippen LogP contribution is -2.28. The normalized spacial score (nSPS) is 13.3. The van der Waals surface area contributed by atoms with Crippen LogP contribution in [0.1, 0.15) is 16.1 Å². The molecule has 1 aliphatic heterocycles. The van der Waals surface area contributed by atoms with Gasteiger partial charge in [-0.25, -0.2) is 0 Å². The summed E-state index contributed by atoms with van der Waals surface area (Å²) in [6.07, 6.45) is 0.680. The van der Waals surface area contributed by atoms with Gasteiger partial charge in [-0.2, -0.15) is 0 Å². The number of non-ortho nitro benzene ring substituents is 1. The summed E-state index contributed by atoms with van der Waals surface area (Å²) in [7, 11) is 0. The number of amides is 1. The molecule has 6 nitrogen and oxygen atoms in total. The molecule has 4 rings (SSSR count). The molecule has 3 aromatic rings.